The molecule has 5 N–H and O–H groups in total. The Bertz CT molecular complexity index is 909. The second-order valence-electron chi connectivity index (χ2n) is 8.84. The van der Waals surface area contributed by atoms with Gasteiger partial charge in [0.05, 0.1) is 7.11 Å². The Labute approximate surface area is 183 Å². The predicted octanol–water partition coefficient (Wildman–Crippen LogP) is 2.60. The van der Waals surface area contributed by atoms with Crippen molar-refractivity contribution in [3.05, 3.63) is 29.8 Å². The Balaban J connectivity index is 1.84. The zero-order valence-electron chi connectivity index (χ0n) is 19.0. The SMILES string of the molecule is COc1ccc(CNc2nc(NC(C)(C)C)nc(N3CC[C@H](NC(C)=O)C3)c2N)cc1. The highest BCUT2D eigenvalue weighted by molar-refractivity contribution is 5.78. The van der Waals surface area contributed by atoms with Gasteiger partial charge in [-0.15, -0.1) is 0 Å². The van der Waals surface area contributed by atoms with Gasteiger partial charge in [-0.1, -0.05) is 12.1 Å². The van der Waals surface area contributed by atoms with Gasteiger partial charge in [0.25, 0.3) is 0 Å². The van der Waals surface area contributed by atoms with Crippen LogP contribution in [0.1, 0.15) is 39.7 Å². The van der Waals surface area contributed by atoms with E-state index in [2.05, 4.69) is 46.6 Å². The molecule has 2 heterocycles. The van der Waals surface area contributed by atoms with Crippen LogP contribution in [0.3, 0.4) is 0 Å². The summed E-state index contributed by atoms with van der Waals surface area (Å²) in [5.74, 6) is 2.55. The number of carbonyl (C=O) groups excluding carboxylic acids is 1. The summed E-state index contributed by atoms with van der Waals surface area (Å²) < 4.78 is 5.22. The summed E-state index contributed by atoms with van der Waals surface area (Å²) >= 11 is 0. The molecule has 0 spiro atoms. The summed E-state index contributed by atoms with van der Waals surface area (Å²) in [5, 5.41) is 9.66. The molecule has 1 amide bonds. The summed E-state index contributed by atoms with van der Waals surface area (Å²) in [6.07, 6.45) is 0.847. The Kier molecular flexibility index (Phi) is 6.72. The lowest BCUT2D eigenvalue weighted by atomic mass is 10.1. The highest BCUT2D eigenvalue weighted by atomic mass is 16.5. The number of nitrogen functional groups attached to an aromatic ring is 1. The third-order valence-electron chi connectivity index (χ3n) is 4.93. The first-order valence-corrected chi connectivity index (χ1v) is 10.5. The fourth-order valence-electron chi connectivity index (χ4n) is 3.51. The number of carbonyl (C=O) groups is 1. The fraction of sp³-hybridized carbons (Fsp3) is 0.500. The zero-order valence-corrected chi connectivity index (χ0v) is 19.0. The van der Waals surface area contributed by atoms with E-state index in [9.17, 15) is 4.79 Å². The molecule has 9 heteroatoms. The van der Waals surface area contributed by atoms with Crippen molar-refractivity contribution >= 4 is 29.2 Å². The second kappa shape index (κ2) is 9.28. The predicted molar refractivity (Wildman–Crippen MR) is 125 cm³/mol. The van der Waals surface area contributed by atoms with E-state index >= 15 is 0 Å². The molecule has 1 fully saturated rings. The van der Waals surface area contributed by atoms with Gasteiger partial charge < -0.3 is 31.3 Å². The quantitative estimate of drug-likeness (QED) is 0.533. The number of nitrogens with two attached hydrogens (primary N) is 1. The van der Waals surface area contributed by atoms with E-state index in [0.717, 1.165) is 24.3 Å². The van der Waals surface area contributed by atoms with Crippen molar-refractivity contribution in [3.63, 3.8) is 0 Å². The van der Waals surface area contributed by atoms with Crippen molar-refractivity contribution in [2.24, 2.45) is 0 Å². The van der Waals surface area contributed by atoms with Gasteiger partial charge in [0, 0.05) is 38.1 Å². The molecule has 1 saturated heterocycles. The van der Waals surface area contributed by atoms with Crippen molar-refractivity contribution in [1.29, 1.82) is 0 Å². The van der Waals surface area contributed by atoms with Crippen LogP contribution in [-0.2, 0) is 11.3 Å². The van der Waals surface area contributed by atoms with Gasteiger partial charge in [0.2, 0.25) is 11.9 Å². The van der Waals surface area contributed by atoms with E-state index in [1.165, 1.54) is 6.92 Å². The molecule has 9 nitrogen and oxygen atoms in total. The lowest BCUT2D eigenvalue weighted by Crippen LogP contribution is -2.36. The van der Waals surface area contributed by atoms with E-state index in [1.807, 2.05) is 24.3 Å². The molecule has 0 unspecified atom stereocenters. The number of rotatable bonds is 7. The molecule has 2 aromatic rings. The lowest BCUT2D eigenvalue weighted by molar-refractivity contribution is -0.119. The van der Waals surface area contributed by atoms with Crippen LogP contribution >= 0.6 is 0 Å². The van der Waals surface area contributed by atoms with Gasteiger partial charge >= 0.3 is 0 Å². The lowest BCUT2D eigenvalue weighted by Gasteiger charge is -2.25. The summed E-state index contributed by atoms with van der Waals surface area (Å²) in [7, 11) is 1.65. The first-order chi connectivity index (χ1) is 14.6. The highest BCUT2D eigenvalue weighted by Crippen LogP contribution is 2.32. The number of amides is 1. The Morgan fingerprint density at radius 2 is 1.97 bits per heavy atom. The summed E-state index contributed by atoms with van der Waals surface area (Å²) in [6.45, 7) is 9.69. The number of aromatic nitrogens is 2. The highest BCUT2D eigenvalue weighted by Gasteiger charge is 2.27. The third kappa shape index (κ3) is 6.13. The number of benzene rings is 1. The van der Waals surface area contributed by atoms with Crippen molar-refractivity contribution in [2.75, 3.05) is 41.5 Å². The average Bonchev–Trinajstić information content (AvgIpc) is 3.14. The Morgan fingerprint density at radius 3 is 2.58 bits per heavy atom. The van der Waals surface area contributed by atoms with Crippen LogP contribution in [0.4, 0.5) is 23.3 Å². The van der Waals surface area contributed by atoms with E-state index in [0.29, 0.717) is 36.4 Å². The van der Waals surface area contributed by atoms with E-state index in [1.54, 1.807) is 7.11 Å². The molecular weight excluding hydrogens is 394 g/mol. The van der Waals surface area contributed by atoms with Crippen LogP contribution < -0.4 is 31.3 Å². The minimum absolute atomic E-state index is 0.0283. The smallest absolute Gasteiger partial charge is 0.227 e. The maximum absolute atomic E-state index is 11.4. The average molecular weight is 428 g/mol. The minimum Gasteiger partial charge on any atom is -0.497 e. The molecule has 0 bridgehead atoms. The normalized spacial score (nSPS) is 16.2. The van der Waals surface area contributed by atoms with Crippen molar-refractivity contribution in [2.45, 2.75) is 52.2 Å². The van der Waals surface area contributed by atoms with E-state index < -0.39 is 0 Å². The number of anilines is 4. The molecule has 1 aliphatic heterocycles. The summed E-state index contributed by atoms with van der Waals surface area (Å²) in [6, 6.07) is 7.92. The number of nitrogens with zero attached hydrogens (tertiary/aromatic N) is 3. The fourth-order valence-corrected chi connectivity index (χ4v) is 3.51. The number of methoxy groups -OCH3 is 1. The molecule has 1 atom stereocenters. The van der Waals surface area contributed by atoms with Crippen LogP contribution in [0, 0.1) is 0 Å². The van der Waals surface area contributed by atoms with Crippen LogP contribution in [-0.4, -0.2) is 47.7 Å². The molecular formula is C22H33N7O2. The number of nitrogens with one attached hydrogen (secondary N) is 3. The van der Waals surface area contributed by atoms with Crippen LogP contribution in [0.5, 0.6) is 5.75 Å². The Hall–Kier alpha value is -3.23. The topological polar surface area (TPSA) is 117 Å². The molecule has 1 aromatic carbocycles. The van der Waals surface area contributed by atoms with Gasteiger partial charge in [0.15, 0.2) is 11.6 Å². The third-order valence-corrected chi connectivity index (χ3v) is 4.93. The molecule has 168 valence electrons. The molecule has 0 saturated carbocycles. The Morgan fingerprint density at radius 1 is 1.26 bits per heavy atom. The zero-order chi connectivity index (χ0) is 22.6. The standard InChI is InChI=1S/C22H33N7O2/c1-14(30)25-16-10-11-29(13-16)20-18(23)19(26-21(27-20)28-22(2,3)4)24-12-15-6-8-17(31-5)9-7-15/h6-9,16H,10-13,23H2,1-5H3,(H,25,30)(H2,24,26,27,28)/t16-/m0/s1. The minimum atomic E-state index is -0.204. The largest absolute Gasteiger partial charge is 0.497 e. The van der Waals surface area contributed by atoms with Gasteiger partial charge in [-0.2, -0.15) is 9.97 Å². The molecule has 3 rings (SSSR count). The van der Waals surface area contributed by atoms with E-state index in [4.69, 9.17) is 15.5 Å². The van der Waals surface area contributed by atoms with Crippen molar-refractivity contribution < 1.29 is 9.53 Å². The molecule has 0 radical (unpaired) electrons. The number of ether oxygens (including phenoxy) is 1. The molecule has 31 heavy (non-hydrogen) atoms. The van der Waals surface area contributed by atoms with E-state index in [-0.39, 0.29) is 17.5 Å². The van der Waals surface area contributed by atoms with Gasteiger partial charge in [-0.25, -0.2) is 0 Å². The van der Waals surface area contributed by atoms with Crippen LogP contribution in [0.25, 0.3) is 0 Å². The van der Waals surface area contributed by atoms with Crippen LogP contribution in [0.2, 0.25) is 0 Å². The first-order valence-electron chi connectivity index (χ1n) is 10.5. The first kappa shape index (κ1) is 22.5. The van der Waals surface area contributed by atoms with Crippen LogP contribution in [0.15, 0.2) is 24.3 Å². The summed E-state index contributed by atoms with van der Waals surface area (Å²) in [5.41, 5.74) is 7.86. The molecule has 1 aliphatic rings. The van der Waals surface area contributed by atoms with Gasteiger partial charge in [-0.3, -0.25) is 4.79 Å². The molecule has 1 aromatic heterocycles. The van der Waals surface area contributed by atoms with Crippen molar-refractivity contribution in [1.82, 2.24) is 15.3 Å². The van der Waals surface area contributed by atoms with Gasteiger partial charge in [-0.05, 0) is 44.9 Å². The van der Waals surface area contributed by atoms with Gasteiger partial charge in [0.1, 0.15) is 11.4 Å². The number of hydrogen-bond donors (Lipinski definition) is 4. The second-order valence-corrected chi connectivity index (χ2v) is 8.84. The monoisotopic (exact) mass is 427 g/mol. The number of hydrogen-bond acceptors (Lipinski definition) is 8. The maximum Gasteiger partial charge on any atom is 0.227 e. The molecule has 0 aliphatic carbocycles. The summed E-state index contributed by atoms with van der Waals surface area (Å²) in [4.78, 5) is 22.9. The van der Waals surface area contributed by atoms with Crippen molar-refractivity contribution in [3.8, 4) is 5.75 Å². The maximum atomic E-state index is 11.4.